The van der Waals surface area contributed by atoms with Gasteiger partial charge in [0.05, 0.1) is 0 Å². The van der Waals surface area contributed by atoms with Gasteiger partial charge in [0, 0.05) is 24.0 Å². The molecule has 0 aliphatic rings. The normalized spacial score (nSPS) is 12.9. The van der Waals surface area contributed by atoms with E-state index < -0.39 is 6.04 Å². The summed E-state index contributed by atoms with van der Waals surface area (Å²) in [6, 6.07) is 15.1. The van der Waals surface area contributed by atoms with Crippen molar-refractivity contribution in [2.45, 2.75) is 65.6 Å². The van der Waals surface area contributed by atoms with Crippen LogP contribution < -0.4 is 5.32 Å². The van der Waals surface area contributed by atoms with Gasteiger partial charge in [-0.15, -0.1) is 0 Å². The van der Waals surface area contributed by atoms with Crippen molar-refractivity contribution >= 4 is 23.4 Å². The third kappa shape index (κ3) is 7.21. The van der Waals surface area contributed by atoms with Gasteiger partial charge in [0.1, 0.15) is 6.04 Å². The minimum atomic E-state index is -0.551. The second kappa shape index (κ2) is 11.0. The molecule has 0 fully saturated rings. The molecular formula is C24H31ClN2O2. The molecule has 2 rings (SSSR count). The van der Waals surface area contributed by atoms with Crippen molar-refractivity contribution in [1.82, 2.24) is 10.2 Å². The Bertz CT molecular complexity index is 803. The molecule has 0 heterocycles. The molecule has 5 heteroatoms. The number of hydrogen-bond acceptors (Lipinski definition) is 2. The van der Waals surface area contributed by atoms with Gasteiger partial charge in [-0.25, -0.2) is 0 Å². The Morgan fingerprint density at radius 3 is 2.17 bits per heavy atom. The summed E-state index contributed by atoms with van der Waals surface area (Å²) in [7, 11) is 0. The Balaban J connectivity index is 2.13. The predicted octanol–water partition coefficient (Wildman–Crippen LogP) is 4.91. The van der Waals surface area contributed by atoms with E-state index in [0.717, 1.165) is 17.5 Å². The average molecular weight is 415 g/mol. The van der Waals surface area contributed by atoms with Crippen LogP contribution in [-0.4, -0.2) is 28.8 Å². The first-order valence-electron chi connectivity index (χ1n) is 10.2. The highest BCUT2D eigenvalue weighted by molar-refractivity contribution is 6.30. The van der Waals surface area contributed by atoms with Gasteiger partial charge >= 0.3 is 0 Å². The number of halogens is 1. The fraction of sp³-hybridized carbons (Fsp3) is 0.417. The molecule has 0 aliphatic heterocycles. The SMILES string of the molecule is CCC(C)NC(=O)C(C)N(Cc1ccc(Cl)cc1)C(=O)CCc1ccc(C)cc1. The van der Waals surface area contributed by atoms with Crippen LogP contribution in [0.5, 0.6) is 0 Å². The van der Waals surface area contributed by atoms with Gasteiger partial charge in [0.2, 0.25) is 11.8 Å². The van der Waals surface area contributed by atoms with Crippen LogP contribution in [0.3, 0.4) is 0 Å². The van der Waals surface area contributed by atoms with E-state index in [1.807, 2.05) is 57.2 Å². The predicted molar refractivity (Wildman–Crippen MR) is 119 cm³/mol. The number of aryl methyl sites for hydroxylation is 2. The lowest BCUT2D eigenvalue weighted by Gasteiger charge is -2.30. The molecule has 0 bridgehead atoms. The molecule has 0 spiro atoms. The molecule has 0 saturated heterocycles. The summed E-state index contributed by atoms with van der Waals surface area (Å²) in [6.45, 7) is 8.19. The van der Waals surface area contributed by atoms with E-state index in [1.165, 1.54) is 5.56 Å². The zero-order valence-electron chi connectivity index (χ0n) is 17.7. The summed E-state index contributed by atoms with van der Waals surface area (Å²) in [5, 5.41) is 3.63. The molecule has 2 amide bonds. The number of hydrogen-bond donors (Lipinski definition) is 1. The fourth-order valence-electron chi connectivity index (χ4n) is 2.98. The van der Waals surface area contributed by atoms with Crippen molar-refractivity contribution in [3.05, 3.63) is 70.2 Å². The number of carbonyl (C=O) groups excluding carboxylic acids is 2. The minimum Gasteiger partial charge on any atom is -0.352 e. The van der Waals surface area contributed by atoms with Crippen LogP contribution >= 0.6 is 11.6 Å². The van der Waals surface area contributed by atoms with Crippen LogP contribution in [0.1, 0.15) is 50.3 Å². The first-order chi connectivity index (χ1) is 13.8. The quantitative estimate of drug-likeness (QED) is 0.633. The lowest BCUT2D eigenvalue weighted by Crippen LogP contribution is -2.49. The van der Waals surface area contributed by atoms with Gasteiger partial charge in [-0.2, -0.15) is 0 Å². The number of carbonyl (C=O) groups is 2. The van der Waals surface area contributed by atoms with Crippen LogP contribution in [0.4, 0.5) is 0 Å². The highest BCUT2D eigenvalue weighted by atomic mass is 35.5. The third-order valence-electron chi connectivity index (χ3n) is 5.18. The van der Waals surface area contributed by atoms with E-state index in [2.05, 4.69) is 5.32 Å². The van der Waals surface area contributed by atoms with Crippen molar-refractivity contribution < 1.29 is 9.59 Å². The highest BCUT2D eigenvalue weighted by Crippen LogP contribution is 2.16. The maximum Gasteiger partial charge on any atom is 0.242 e. The summed E-state index contributed by atoms with van der Waals surface area (Å²) in [5.74, 6) is -0.163. The standard InChI is InChI=1S/C24H31ClN2O2/c1-5-18(3)26-24(29)19(4)27(16-21-10-13-22(25)14-11-21)23(28)15-12-20-8-6-17(2)7-9-20/h6-11,13-14,18-19H,5,12,15-16H2,1-4H3,(H,26,29). The lowest BCUT2D eigenvalue weighted by atomic mass is 10.1. The third-order valence-corrected chi connectivity index (χ3v) is 5.43. The van der Waals surface area contributed by atoms with Gasteiger partial charge in [-0.3, -0.25) is 9.59 Å². The Morgan fingerprint density at radius 1 is 1.00 bits per heavy atom. The van der Waals surface area contributed by atoms with E-state index >= 15 is 0 Å². The molecule has 29 heavy (non-hydrogen) atoms. The van der Waals surface area contributed by atoms with Crippen molar-refractivity contribution in [2.24, 2.45) is 0 Å². The smallest absolute Gasteiger partial charge is 0.242 e. The van der Waals surface area contributed by atoms with Crippen LogP contribution in [0.25, 0.3) is 0 Å². The van der Waals surface area contributed by atoms with Crippen molar-refractivity contribution in [3.8, 4) is 0 Å². The van der Waals surface area contributed by atoms with Crippen molar-refractivity contribution in [1.29, 1.82) is 0 Å². The Morgan fingerprint density at radius 2 is 1.59 bits per heavy atom. The Kier molecular flexibility index (Phi) is 8.71. The molecule has 1 N–H and O–H groups in total. The molecule has 2 aromatic rings. The number of rotatable bonds is 9. The highest BCUT2D eigenvalue weighted by Gasteiger charge is 2.26. The van der Waals surface area contributed by atoms with Gasteiger partial charge in [-0.05, 0) is 56.9 Å². The summed E-state index contributed by atoms with van der Waals surface area (Å²) >= 11 is 5.98. The summed E-state index contributed by atoms with van der Waals surface area (Å²) in [5.41, 5.74) is 3.26. The number of amides is 2. The maximum absolute atomic E-state index is 13.1. The molecule has 0 aliphatic carbocycles. The topological polar surface area (TPSA) is 49.4 Å². The monoisotopic (exact) mass is 414 g/mol. The van der Waals surface area contributed by atoms with Crippen LogP contribution in [-0.2, 0) is 22.6 Å². The molecule has 156 valence electrons. The van der Waals surface area contributed by atoms with E-state index in [0.29, 0.717) is 24.4 Å². The van der Waals surface area contributed by atoms with Crippen LogP contribution in [0.15, 0.2) is 48.5 Å². The molecule has 0 radical (unpaired) electrons. The number of nitrogens with zero attached hydrogens (tertiary/aromatic N) is 1. The molecular weight excluding hydrogens is 384 g/mol. The number of nitrogens with one attached hydrogen (secondary N) is 1. The van der Waals surface area contributed by atoms with Crippen molar-refractivity contribution in [2.75, 3.05) is 0 Å². The molecule has 4 nitrogen and oxygen atoms in total. The van der Waals surface area contributed by atoms with E-state index in [1.54, 1.807) is 24.0 Å². The van der Waals surface area contributed by atoms with Crippen LogP contribution in [0.2, 0.25) is 5.02 Å². The largest absolute Gasteiger partial charge is 0.352 e. The van der Waals surface area contributed by atoms with Gasteiger partial charge < -0.3 is 10.2 Å². The zero-order chi connectivity index (χ0) is 21.4. The van der Waals surface area contributed by atoms with Gasteiger partial charge in [-0.1, -0.05) is 60.5 Å². The minimum absolute atomic E-state index is 0.0349. The molecule has 0 aromatic heterocycles. The first-order valence-corrected chi connectivity index (χ1v) is 10.6. The summed E-state index contributed by atoms with van der Waals surface area (Å²) in [6.07, 6.45) is 1.85. The van der Waals surface area contributed by atoms with E-state index in [9.17, 15) is 9.59 Å². The van der Waals surface area contributed by atoms with Crippen molar-refractivity contribution in [3.63, 3.8) is 0 Å². The van der Waals surface area contributed by atoms with Gasteiger partial charge in [0.25, 0.3) is 0 Å². The fourth-order valence-corrected chi connectivity index (χ4v) is 3.11. The second-order valence-electron chi connectivity index (χ2n) is 7.63. The Hall–Kier alpha value is -2.33. The van der Waals surface area contributed by atoms with E-state index in [4.69, 9.17) is 11.6 Å². The maximum atomic E-state index is 13.1. The number of benzene rings is 2. The molecule has 2 aromatic carbocycles. The summed E-state index contributed by atoms with van der Waals surface area (Å²) < 4.78 is 0. The van der Waals surface area contributed by atoms with Gasteiger partial charge in [0.15, 0.2) is 0 Å². The average Bonchev–Trinajstić information content (AvgIpc) is 2.72. The Labute approximate surface area is 179 Å². The first kappa shape index (κ1) is 23.0. The lowest BCUT2D eigenvalue weighted by molar-refractivity contribution is -0.140. The molecule has 0 saturated carbocycles. The molecule has 2 atom stereocenters. The van der Waals surface area contributed by atoms with Crippen LogP contribution in [0, 0.1) is 6.92 Å². The zero-order valence-corrected chi connectivity index (χ0v) is 18.5. The van der Waals surface area contributed by atoms with E-state index in [-0.39, 0.29) is 17.9 Å². The molecule has 2 unspecified atom stereocenters. The summed E-state index contributed by atoms with van der Waals surface area (Å²) in [4.78, 5) is 27.4. The second-order valence-corrected chi connectivity index (χ2v) is 8.06.